The molecule has 1 rings (SSSR count). The van der Waals surface area contributed by atoms with Crippen LogP contribution in [-0.4, -0.2) is 37.1 Å². The minimum absolute atomic E-state index is 0.729. The third kappa shape index (κ3) is 6.76. The summed E-state index contributed by atoms with van der Waals surface area (Å²) in [6, 6.07) is 1.56. The number of rotatable bonds is 8. The number of hydrogen-bond donors (Lipinski definition) is 1. The normalized spacial score (nSPS) is 19.9. The van der Waals surface area contributed by atoms with E-state index in [1.54, 1.807) is 0 Å². The number of nitrogens with zero attached hydrogens (tertiary/aromatic N) is 1. The summed E-state index contributed by atoms with van der Waals surface area (Å²) in [4.78, 5) is 2.70. The molecule has 1 unspecified atom stereocenters. The zero-order valence-corrected chi connectivity index (χ0v) is 13.8. The van der Waals surface area contributed by atoms with Gasteiger partial charge in [0.1, 0.15) is 0 Å². The smallest absolute Gasteiger partial charge is 0.0220 e. The highest BCUT2D eigenvalue weighted by atomic mass is 15.2. The Morgan fingerprint density at radius 2 is 1.68 bits per heavy atom. The highest BCUT2D eigenvalue weighted by Crippen LogP contribution is 2.23. The third-order valence-corrected chi connectivity index (χ3v) is 4.53. The molecule has 114 valence electrons. The van der Waals surface area contributed by atoms with Crippen LogP contribution in [0.1, 0.15) is 72.1 Å². The van der Waals surface area contributed by atoms with Crippen LogP contribution >= 0.6 is 0 Å². The predicted molar refractivity (Wildman–Crippen MR) is 85.7 cm³/mol. The van der Waals surface area contributed by atoms with Crippen molar-refractivity contribution in [1.82, 2.24) is 10.2 Å². The van der Waals surface area contributed by atoms with Crippen molar-refractivity contribution in [2.24, 2.45) is 5.92 Å². The van der Waals surface area contributed by atoms with Gasteiger partial charge in [-0.05, 0) is 38.8 Å². The van der Waals surface area contributed by atoms with Crippen LogP contribution in [-0.2, 0) is 0 Å². The fraction of sp³-hybridized carbons (Fsp3) is 1.00. The third-order valence-electron chi connectivity index (χ3n) is 4.53. The maximum atomic E-state index is 3.66. The number of hydrogen-bond acceptors (Lipinski definition) is 2. The summed E-state index contributed by atoms with van der Waals surface area (Å²) in [5.74, 6) is 0.755. The molecule has 1 atom stereocenters. The summed E-state index contributed by atoms with van der Waals surface area (Å²) in [6.07, 6.45) is 11.2. The zero-order chi connectivity index (χ0) is 14.1. The molecule has 2 nitrogen and oxygen atoms in total. The largest absolute Gasteiger partial charge is 0.315 e. The Bertz CT molecular complexity index is 207. The zero-order valence-electron chi connectivity index (χ0n) is 13.8. The second kappa shape index (κ2) is 9.77. The summed E-state index contributed by atoms with van der Waals surface area (Å²) < 4.78 is 0. The van der Waals surface area contributed by atoms with Crippen LogP contribution in [0.25, 0.3) is 0 Å². The number of likely N-dealkylation sites (N-methyl/N-ethyl adjacent to an activating group) is 1. The van der Waals surface area contributed by atoms with E-state index in [0.29, 0.717) is 0 Å². The van der Waals surface area contributed by atoms with E-state index >= 15 is 0 Å². The molecule has 1 aliphatic carbocycles. The molecule has 1 aliphatic rings. The van der Waals surface area contributed by atoms with E-state index in [1.165, 1.54) is 57.9 Å². The predicted octanol–water partition coefficient (Wildman–Crippen LogP) is 4.06. The van der Waals surface area contributed by atoms with Crippen LogP contribution < -0.4 is 5.32 Å². The van der Waals surface area contributed by atoms with E-state index < -0.39 is 0 Å². The van der Waals surface area contributed by atoms with Crippen molar-refractivity contribution < 1.29 is 0 Å². The first-order valence-corrected chi connectivity index (χ1v) is 8.57. The van der Waals surface area contributed by atoms with Crippen molar-refractivity contribution in [3.05, 3.63) is 0 Å². The minimum atomic E-state index is 0.729. The van der Waals surface area contributed by atoms with Crippen molar-refractivity contribution >= 4 is 0 Å². The Balaban J connectivity index is 2.42. The fourth-order valence-corrected chi connectivity index (χ4v) is 3.28. The lowest BCUT2D eigenvalue weighted by molar-refractivity contribution is 0.145. The standard InChI is InChI=1S/C17H36N2/c1-5-10-17(14-18-13-15(2)3)19(4)16-11-8-6-7-9-12-16/h15-18H,5-14H2,1-4H3. The van der Waals surface area contributed by atoms with Gasteiger partial charge in [0.15, 0.2) is 0 Å². The molecular weight excluding hydrogens is 232 g/mol. The van der Waals surface area contributed by atoms with E-state index in [1.807, 2.05) is 0 Å². The Morgan fingerprint density at radius 1 is 1.05 bits per heavy atom. The van der Waals surface area contributed by atoms with Crippen LogP contribution in [0.15, 0.2) is 0 Å². The SMILES string of the molecule is CCCC(CNCC(C)C)N(C)C1CCCCCC1. The van der Waals surface area contributed by atoms with Crippen molar-refractivity contribution in [3.8, 4) is 0 Å². The molecule has 0 saturated heterocycles. The molecule has 0 bridgehead atoms. The molecule has 0 spiro atoms. The highest BCUT2D eigenvalue weighted by Gasteiger charge is 2.22. The molecule has 19 heavy (non-hydrogen) atoms. The first kappa shape index (κ1) is 17.0. The maximum absolute atomic E-state index is 3.66. The second-order valence-electron chi connectivity index (χ2n) is 6.81. The average molecular weight is 268 g/mol. The Hall–Kier alpha value is -0.0800. The van der Waals surface area contributed by atoms with E-state index in [0.717, 1.165) is 24.5 Å². The van der Waals surface area contributed by atoms with Crippen LogP contribution in [0, 0.1) is 5.92 Å². The van der Waals surface area contributed by atoms with Crippen molar-refractivity contribution in [1.29, 1.82) is 0 Å². The van der Waals surface area contributed by atoms with Gasteiger partial charge in [-0.3, -0.25) is 4.90 Å². The van der Waals surface area contributed by atoms with Crippen LogP contribution in [0.3, 0.4) is 0 Å². The molecule has 0 heterocycles. The molecule has 0 aromatic rings. The lowest BCUT2D eigenvalue weighted by Gasteiger charge is -2.35. The molecule has 1 fully saturated rings. The molecule has 0 amide bonds. The van der Waals surface area contributed by atoms with Crippen LogP contribution in [0.5, 0.6) is 0 Å². The lowest BCUT2D eigenvalue weighted by atomic mass is 10.0. The van der Waals surface area contributed by atoms with Gasteiger partial charge < -0.3 is 5.32 Å². The van der Waals surface area contributed by atoms with Crippen LogP contribution in [0.4, 0.5) is 0 Å². The van der Waals surface area contributed by atoms with Crippen molar-refractivity contribution in [3.63, 3.8) is 0 Å². The maximum Gasteiger partial charge on any atom is 0.0220 e. The second-order valence-corrected chi connectivity index (χ2v) is 6.81. The Morgan fingerprint density at radius 3 is 2.21 bits per heavy atom. The molecular formula is C17H36N2. The first-order valence-electron chi connectivity index (χ1n) is 8.57. The lowest BCUT2D eigenvalue weighted by Crippen LogP contribution is -2.46. The van der Waals surface area contributed by atoms with E-state index in [4.69, 9.17) is 0 Å². The van der Waals surface area contributed by atoms with Gasteiger partial charge >= 0.3 is 0 Å². The quantitative estimate of drug-likeness (QED) is 0.668. The summed E-state index contributed by atoms with van der Waals surface area (Å²) in [6.45, 7) is 9.21. The topological polar surface area (TPSA) is 15.3 Å². The molecule has 0 aliphatic heterocycles. The van der Waals surface area contributed by atoms with Crippen molar-refractivity contribution in [2.45, 2.75) is 84.2 Å². The summed E-state index contributed by atoms with van der Waals surface area (Å²) in [7, 11) is 2.37. The van der Waals surface area contributed by atoms with E-state index in [9.17, 15) is 0 Å². The van der Waals surface area contributed by atoms with Gasteiger partial charge in [0.2, 0.25) is 0 Å². The van der Waals surface area contributed by atoms with Crippen LogP contribution in [0.2, 0.25) is 0 Å². The van der Waals surface area contributed by atoms with Gasteiger partial charge in [0.05, 0.1) is 0 Å². The van der Waals surface area contributed by atoms with Gasteiger partial charge in [-0.2, -0.15) is 0 Å². The van der Waals surface area contributed by atoms with E-state index in [-0.39, 0.29) is 0 Å². The summed E-state index contributed by atoms with van der Waals surface area (Å²) >= 11 is 0. The minimum Gasteiger partial charge on any atom is -0.315 e. The summed E-state index contributed by atoms with van der Waals surface area (Å²) in [5, 5.41) is 3.66. The molecule has 1 saturated carbocycles. The average Bonchev–Trinajstić information content (AvgIpc) is 2.65. The molecule has 0 aromatic heterocycles. The van der Waals surface area contributed by atoms with Crippen molar-refractivity contribution in [2.75, 3.05) is 20.1 Å². The first-order chi connectivity index (χ1) is 9.15. The Kier molecular flexibility index (Phi) is 8.72. The highest BCUT2D eigenvalue weighted by molar-refractivity contribution is 4.80. The van der Waals surface area contributed by atoms with Gasteiger partial charge in [-0.25, -0.2) is 0 Å². The molecule has 0 radical (unpaired) electrons. The monoisotopic (exact) mass is 268 g/mol. The van der Waals surface area contributed by atoms with Gasteiger partial charge in [0, 0.05) is 18.6 Å². The van der Waals surface area contributed by atoms with Gasteiger partial charge in [-0.1, -0.05) is 52.9 Å². The molecule has 1 N–H and O–H groups in total. The molecule has 2 heteroatoms. The van der Waals surface area contributed by atoms with Gasteiger partial charge in [-0.15, -0.1) is 0 Å². The summed E-state index contributed by atoms with van der Waals surface area (Å²) in [5.41, 5.74) is 0. The number of nitrogens with one attached hydrogen (secondary N) is 1. The van der Waals surface area contributed by atoms with E-state index in [2.05, 4.69) is 38.0 Å². The molecule has 0 aromatic carbocycles. The fourth-order valence-electron chi connectivity index (χ4n) is 3.28. The Labute approximate surface area is 121 Å². The van der Waals surface area contributed by atoms with Gasteiger partial charge in [0.25, 0.3) is 0 Å².